The number of carbonyl (C=O) groups is 1. The molecule has 2 N–H and O–H groups in total. The number of cyclic esters (lactones) is 1. The number of nitrogens with zero attached hydrogens (tertiary/aromatic N) is 3. The Bertz CT molecular complexity index is 1410. The van der Waals surface area contributed by atoms with Crippen LogP contribution in [-0.4, -0.2) is 32.5 Å². The molecule has 1 unspecified atom stereocenters. The highest BCUT2D eigenvalue weighted by Crippen LogP contribution is 2.52. The van der Waals surface area contributed by atoms with Crippen molar-refractivity contribution in [3.05, 3.63) is 88.9 Å². The SMILES string of the molecule is CCOc1cc(N(O)O)ccc1C1(c2c(C)n(CC)c3ccccc23)OC(=O)c2cccnc21. The first-order chi connectivity index (χ1) is 16.4. The summed E-state index contributed by atoms with van der Waals surface area (Å²) in [5.41, 5.74) is 2.88. The third kappa shape index (κ3) is 2.99. The van der Waals surface area contributed by atoms with Crippen LogP contribution in [0, 0.1) is 6.92 Å². The molecule has 0 saturated heterocycles. The van der Waals surface area contributed by atoms with Gasteiger partial charge >= 0.3 is 5.97 Å². The molecule has 0 aliphatic carbocycles. The molecular weight excluding hydrogens is 434 g/mol. The van der Waals surface area contributed by atoms with Gasteiger partial charge in [0.2, 0.25) is 5.60 Å². The van der Waals surface area contributed by atoms with Crippen molar-refractivity contribution in [1.82, 2.24) is 9.55 Å². The lowest BCUT2D eigenvalue weighted by molar-refractivity contribution is 0.0228. The number of fused-ring (bicyclic) bond motifs is 2. The topological polar surface area (TPSA) is 97.0 Å². The predicted molar refractivity (Wildman–Crippen MR) is 126 cm³/mol. The molecule has 0 fully saturated rings. The van der Waals surface area contributed by atoms with E-state index in [-0.39, 0.29) is 10.9 Å². The van der Waals surface area contributed by atoms with E-state index in [2.05, 4.69) is 16.5 Å². The molecule has 174 valence electrons. The van der Waals surface area contributed by atoms with Gasteiger partial charge in [0.15, 0.2) is 0 Å². The van der Waals surface area contributed by atoms with Gasteiger partial charge in [-0.3, -0.25) is 15.4 Å². The van der Waals surface area contributed by atoms with Gasteiger partial charge in [0.1, 0.15) is 11.4 Å². The number of para-hydroxylation sites is 1. The molecule has 5 rings (SSSR count). The minimum Gasteiger partial charge on any atom is -0.493 e. The van der Waals surface area contributed by atoms with Crippen LogP contribution in [-0.2, 0) is 16.9 Å². The van der Waals surface area contributed by atoms with Crippen LogP contribution in [0.15, 0.2) is 60.8 Å². The molecule has 8 heteroatoms. The molecule has 34 heavy (non-hydrogen) atoms. The van der Waals surface area contributed by atoms with Crippen molar-refractivity contribution >= 4 is 22.6 Å². The number of ether oxygens (including phenoxy) is 2. The van der Waals surface area contributed by atoms with E-state index in [1.54, 1.807) is 24.4 Å². The molecule has 0 radical (unpaired) electrons. The average molecular weight is 460 g/mol. The maximum Gasteiger partial charge on any atom is 0.341 e. The summed E-state index contributed by atoms with van der Waals surface area (Å²) in [6.07, 6.45) is 1.64. The predicted octanol–water partition coefficient (Wildman–Crippen LogP) is 4.81. The Kier molecular flexibility index (Phi) is 5.27. The van der Waals surface area contributed by atoms with Crippen molar-refractivity contribution in [1.29, 1.82) is 0 Å². The molecule has 4 aromatic rings. The third-order valence-electron chi connectivity index (χ3n) is 6.38. The number of esters is 1. The fraction of sp³-hybridized carbons (Fsp3) is 0.231. The minimum absolute atomic E-state index is 0.0278. The summed E-state index contributed by atoms with van der Waals surface area (Å²) in [6, 6.07) is 16.1. The van der Waals surface area contributed by atoms with Gasteiger partial charge < -0.3 is 14.0 Å². The van der Waals surface area contributed by atoms with E-state index in [1.165, 1.54) is 12.1 Å². The van der Waals surface area contributed by atoms with Gasteiger partial charge in [-0.1, -0.05) is 18.2 Å². The maximum atomic E-state index is 13.2. The van der Waals surface area contributed by atoms with Gasteiger partial charge in [-0.2, -0.15) is 0 Å². The highest BCUT2D eigenvalue weighted by atomic mass is 16.8. The molecule has 1 atom stereocenters. The zero-order valence-corrected chi connectivity index (χ0v) is 19.1. The van der Waals surface area contributed by atoms with Gasteiger partial charge in [-0.15, -0.1) is 5.23 Å². The second-order valence-corrected chi connectivity index (χ2v) is 8.10. The fourth-order valence-electron chi connectivity index (χ4n) is 5.06. The summed E-state index contributed by atoms with van der Waals surface area (Å²) in [5, 5.41) is 20.2. The number of pyridine rings is 1. The van der Waals surface area contributed by atoms with E-state index < -0.39 is 11.6 Å². The van der Waals surface area contributed by atoms with Gasteiger partial charge in [-0.05, 0) is 51.1 Å². The molecule has 1 aliphatic rings. The Hall–Kier alpha value is -3.88. The molecule has 2 aromatic heterocycles. The zero-order valence-electron chi connectivity index (χ0n) is 19.1. The van der Waals surface area contributed by atoms with Crippen LogP contribution in [0.25, 0.3) is 10.9 Å². The van der Waals surface area contributed by atoms with E-state index in [0.29, 0.717) is 29.2 Å². The summed E-state index contributed by atoms with van der Waals surface area (Å²) in [6.45, 7) is 6.96. The van der Waals surface area contributed by atoms with E-state index in [0.717, 1.165) is 28.7 Å². The van der Waals surface area contributed by atoms with Gasteiger partial charge in [-0.25, -0.2) is 4.79 Å². The smallest absolute Gasteiger partial charge is 0.341 e. The van der Waals surface area contributed by atoms with E-state index in [4.69, 9.17) is 9.47 Å². The van der Waals surface area contributed by atoms with Crippen LogP contribution < -0.4 is 9.96 Å². The van der Waals surface area contributed by atoms with Crippen LogP contribution >= 0.6 is 0 Å². The number of hydrogen-bond donors (Lipinski definition) is 2. The van der Waals surface area contributed by atoms with Crippen molar-refractivity contribution in [3.8, 4) is 5.75 Å². The quantitative estimate of drug-likeness (QED) is 0.315. The van der Waals surface area contributed by atoms with Crippen molar-refractivity contribution in [2.24, 2.45) is 0 Å². The van der Waals surface area contributed by atoms with Crippen LogP contribution in [0.1, 0.15) is 46.7 Å². The number of benzene rings is 2. The first kappa shape index (κ1) is 21.9. The molecule has 0 spiro atoms. The zero-order chi connectivity index (χ0) is 24.0. The van der Waals surface area contributed by atoms with Crippen molar-refractivity contribution < 1.29 is 24.7 Å². The van der Waals surface area contributed by atoms with Gasteiger partial charge in [0.25, 0.3) is 0 Å². The van der Waals surface area contributed by atoms with Gasteiger partial charge in [0, 0.05) is 46.5 Å². The fourth-order valence-corrected chi connectivity index (χ4v) is 5.06. The average Bonchev–Trinajstić information content (AvgIpc) is 3.30. The Morgan fingerprint density at radius 1 is 1.12 bits per heavy atom. The maximum absolute atomic E-state index is 13.2. The Balaban J connectivity index is 1.94. The number of hydrogen-bond acceptors (Lipinski definition) is 7. The highest BCUT2D eigenvalue weighted by molar-refractivity contribution is 5.98. The van der Waals surface area contributed by atoms with E-state index in [9.17, 15) is 15.2 Å². The standard InChI is InChI=1S/C26H25N3O5/c1-4-28-16(3)23(18-9-6-7-11-21(18)28)26(24-19(25(30)34-26)10-8-14-27-24)20-13-12-17(29(31)32)15-22(20)33-5-2/h6-15,31-32H,4-5H2,1-3H3. The monoisotopic (exact) mass is 459 g/mol. The van der Waals surface area contributed by atoms with Crippen LogP contribution in [0.5, 0.6) is 5.75 Å². The second-order valence-electron chi connectivity index (χ2n) is 8.10. The summed E-state index contributed by atoms with van der Waals surface area (Å²) in [4.78, 5) is 17.8. The van der Waals surface area contributed by atoms with Gasteiger partial charge in [0.05, 0.1) is 17.9 Å². The van der Waals surface area contributed by atoms with Crippen LogP contribution in [0.2, 0.25) is 0 Å². The Labute approximate surface area is 196 Å². The van der Waals surface area contributed by atoms with Crippen molar-refractivity contribution in [2.75, 3.05) is 11.8 Å². The summed E-state index contributed by atoms with van der Waals surface area (Å²) in [5.74, 6) is -0.125. The normalized spacial score (nSPS) is 17.0. The number of anilines is 1. The molecule has 0 bridgehead atoms. The van der Waals surface area contributed by atoms with Crippen LogP contribution in [0.3, 0.4) is 0 Å². The minimum atomic E-state index is -1.39. The summed E-state index contributed by atoms with van der Waals surface area (Å²) < 4.78 is 14.4. The lowest BCUT2D eigenvalue weighted by atomic mass is 9.80. The molecule has 0 amide bonds. The summed E-state index contributed by atoms with van der Waals surface area (Å²) >= 11 is 0. The molecule has 0 saturated carbocycles. The molecule has 1 aliphatic heterocycles. The van der Waals surface area contributed by atoms with Crippen molar-refractivity contribution in [2.45, 2.75) is 32.9 Å². The number of aryl methyl sites for hydroxylation is 1. The molecular formula is C26H25N3O5. The van der Waals surface area contributed by atoms with E-state index in [1.807, 2.05) is 38.1 Å². The van der Waals surface area contributed by atoms with Crippen LogP contribution in [0.4, 0.5) is 5.69 Å². The molecule has 8 nitrogen and oxygen atoms in total. The first-order valence-corrected chi connectivity index (χ1v) is 11.2. The molecule has 2 aromatic carbocycles. The highest BCUT2D eigenvalue weighted by Gasteiger charge is 2.54. The first-order valence-electron chi connectivity index (χ1n) is 11.2. The number of rotatable bonds is 6. The number of carbonyl (C=O) groups excluding carboxylic acids is 1. The third-order valence-corrected chi connectivity index (χ3v) is 6.38. The Morgan fingerprint density at radius 3 is 2.65 bits per heavy atom. The van der Waals surface area contributed by atoms with E-state index >= 15 is 0 Å². The summed E-state index contributed by atoms with van der Waals surface area (Å²) in [7, 11) is 0. The second kappa shape index (κ2) is 8.16. The lowest BCUT2D eigenvalue weighted by Gasteiger charge is -2.31. The van der Waals surface area contributed by atoms with Crippen molar-refractivity contribution in [3.63, 3.8) is 0 Å². The Morgan fingerprint density at radius 2 is 1.91 bits per heavy atom. The number of aromatic nitrogens is 2. The lowest BCUT2D eigenvalue weighted by Crippen LogP contribution is -2.32. The molecule has 3 heterocycles. The largest absolute Gasteiger partial charge is 0.493 e.